The number of halogens is 1. The van der Waals surface area contributed by atoms with Crippen LogP contribution in [0.4, 0.5) is 4.39 Å². The van der Waals surface area contributed by atoms with Crippen LogP contribution >= 0.6 is 11.8 Å². The van der Waals surface area contributed by atoms with Crippen molar-refractivity contribution in [3.05, 3.63) is 54.1 Å². The maximum absolute atomic E-state index is 13.6. The van der Waals surface area contributed by atoms with Crippen LogP contribution in [0.25, 0.3) is 11.0 Å². The maximum Gasteiger partial charge on any atom is 0.243 e. The van der Waals surface area contributed by atoms with Crippen LogP contribution in [0.15, 0.2) is 47.9 Å². The van der Waals surface area contributed by atoms with Gasteiger partial charge in [0.05, 0.1) is 17.2 Å². The highest BCUT2D eigenvalue weighted by Gasteiger charge is 2.27. The molecule has 0 spiro atoms. The summed E-state index contributed by atoms with van der Waals surface area (Å²) in [6, 6.07) is 8.37. The first-order chi connectivity index (χ1) is 14.7. The van der Waals surface area contributed by atoms with E-state index in [1.54, 1.807) is 18.5 Å². The van der Waals surface area contributed by atoms with Gasteiger partial charge in [-0.05, 0) is 43.0 Å². The molecule has 1 aliphatic rings. The summed E-state index contributed by atoms with van der Waals surface area (Å²) in [5, 5.41) is 4.02. The summed E-state index contributed by atoms with van der Waals surface area (Å²) in [5.74, 6) is 0.374. The van der Waals surface area contributed by atoms with Gasteiger partial charge in [0.1, 0.15) is 11.9 Å². The van der Waals surface area contributed by atoms with Gasteiger partial charge in [-0.15, -0.1) is 0 Å². The van der Waals surface area contributed by atoms with Crippen molar-refractivity contribution in [2.75, 3.05) is 0 Å². The van der Waals surface area contributed by atoms with E-state index in [1.807, 2.05) is 23.6 Å². The predicted molar refractivity (Wildman–Crippen MR) is 118 cm³/mol. The number of benzene rings is 1. The van der Waals surface area contributed by atoms with Crippen LogP contribution in [0.2, 0.25) is 0 Å². The molecule has 1 N–H and O–H groups in total. The standard InChI is InChI=1S/C23H27FN4OS/c1-2-20(22(29)26-18-9-4-3-5-10-18)28-21-14-25-12-11-19(21)27-23(28)30-15-16-7-6-8-17(24)13-16/h6-8,11-14,18,20H,2-5,9-10,15H2,1H3,(H,26,29)/t20-/m1/s1. The number of amides is 1. The van der Waals surface area contributed by atoms with E-state index >= 15 is 0 Å². The molecule has 1 amide bonds. The number of pyridine rings is 1. The summed E-state index contributed by atoms with van der Waals surface area (Å²) in [7, 11) is 0. The van der Waals surface area contributed by atoms with E-state index in [-0.39, 0.29) is 23.8 Å². The SMILES string of the molecule is CC[C@H](C(=O)NC1CCCCC1)n1c(SCc2cccc(F)c2)nc2ccncc21. The van der Waals surface area contributed by atoms with Crippen molar-refractivity contribution in [3.8, 4) is 0 Å². The van der Waals surface area contributed by atoms with Crippen LogP contribution in [0.1, 0.15) is 57.1 Å². The molecule has 2 heterocycles. The fourth-order valence-electron chi connectivity index (χ4n) is 4.13. The monoisotopic (exact) mass is 426 g/mol. The molecule has 1 saturated carbocycles. The lowest BCUT2D eigenvalue weighted by molar-refractivity contribution is -0.125. The highest BCUT2D eigenvalue weighted by molar-refractivity contribution is 7.98. The predicted octanol–water partition coefficient (Wildman–Crippen LogP) is 5.26. The van der Waals surface area contributed by atoms with E-state index in [0.717, 1.165) is 34.6 Å². The Balaban J connectivity index is 1.61. The first kappa shape index (κ1) is 20.8. The quantitative estimate of drug-likeness (QED) is 0.523. The van der Waals surface area contributed by atoms with Crippen molar-refractivity contribution in [2.45, 2.75) is 68.4 Å². The minimum Gasteiger partial charge on any atom is -0.352 e. The van der Waals surface area contributed by atoms with Gasteiger partial charge in [-0.3, -0.25) is 9.78 Å². The van der Waals surface area contributed by atoms with Crippen LogP contribution in [0.3, 0.4) is 0 Å². The number of fused-ring (bicyclic) bond motifs is 1. The minimum absolute atomic E-state index is 0.0418. The third kappa shape index (κ3) is 4.67. The number of hydrogen-bond acceptors (Lipinski definition) is 4. The van der Waals surface area contributed by atoms with Gasteiger partial charge in [0.15, 0.2) is 5.16 Å². The molecule has 30 heavy (non-hydrogen) atoms. The Morgan fingerprint density at radius 1 is 1.30 bits per heavy atom. The number of imidazole rings is 1. The Morgan fingerprint density at radius 2 is 2.13 bits per heavy atom. The number of thioether (sulfide) groups is 1. The zero-order valence-corrected chi connectivity index (χ0v) is 18.0. The smallest absolute Gasteiger partial charge is 0.243 e. The second-order valence-corrected chi connectivity index (χ2v) is 8.76. The summed E-state index contributed by atoms with van der Waals surface area (Å²) in [6.45, 7) is 2.02. The van der Waals surface area contributed by atoms with E-state index in [2.05, 4.69) is 10.3 Å². The molecule has 0 saturated heterocycles. The largest absolute Gasteiger partial charge is 0.352 e. The molecule has 7 heteroatoms. The zero-order chi connectivity index (χ0) is 20.9. The zero-order valence-electron chi connectivity index (χ0n) is 17.2. The van der Waals surface area contributed by atoms with E-state index in [4.69, 9.17) is 4.98 Å². The first-order valence-electron chi connectivity index (χ1n) is 10.6. The molecule has 0 radical (unpaired) electrons. The molecule has 2 aromatic heterocycles. The number of aromatic nitrogens is 3. The van der Waals surface area contributed by atoms with Crippen LogP contribution in [-0.4, -0.2) is 26.5 Å². The molecule has 1 atom stereocenters. The summed E-state index contributed by atoms with van der Waals surface area (Å²) < 4.78 is 15.6. The number of hydrogen-bond donors (Lipinski definition) is 1. The van der Waals surface area contributed by atoms with E-state index in [0.29, 0.717) is 12.2 Å². The Bertz CT molecular complexity index is 1020. The normalized spacial score (nSPS) is 15.9. The Morgan fingerprint density at radius 3 is 2.90 bits per heavy atom. The van der Waals surface area contributed by atoms with Crippen LogP contribution in [0, 0.1) is 5.82 Å². The summed E-state index contributed by atoms with van der Waals surface area (Å²) in [5.41, 5.74) is 2.55. The molecule has 3 aromatic rings. The van der Waals surface area contributed by atoms with Gasteiger partial charge >= 0.3 is 0 Å². The minimum atomic E-state index is -0.351. The van der Waals surface area contributed by atoms with Crippen molar-refractivity contribution in [1.82, 2.24) is 19.9 Å². The topological polar surface area (TPSA) is 59.8 Å². The van der Waals surface area contributed by atoms with E-state index in [9.17, 15) is 9.18 Å². The number of carbonyl (C=O) groups is 1. The molecule has 0 aliphatic heterocycles. The molecule has 1 aromatic carbocycles. The molecule has 4 rings (SSSR count). The second kappa shape index (κ2) is 9.60. The van der Waals surface area contributed by atoms with E-state index in [1.165, 1.54) is 43.2 Å². The van der Waals surface area contributed by atoms with Gasteiger partial charge in [-0.1, -0.05) is 50.1 Å². The summed E-state index contributed by atoms with van der Waals surface area (Å²) in [6.07, 6.45) is 9.84. The number of carbonyl (C=O) groups excluding carboxylic acids is 1. The van der Waals surface area contributed by atoms with Gasteiger partial charge in [0, 0.05) is 18.0 Å². The molecule has 5 nitrogen and oxygen atoms in total. The van der Waals surface area contributed by atoms with Crippen molar-refractivity contribution in [2.24, 2.45) is 0 Å². The lowest BCUT2D eigenvalue weighted by atomic mass is 9.95. The molecule has 158 valence electrons. The second-order valence-electron chi connectivity index (χ2n) is 7.81. The molecule has 0 unspecified atom stereocenters. The van der Waals surface area contributed by atoms with Crippen LogP contribution < -0.4 is 5.32 Å². The Hall–Kier alpha value is -2.41. The molecule has 1 fully saturated rings. The number of nitrogens with one attached hydrogen (secondary N) is 1. The lowest BCUT2D eigenvalue weighted by Crippen LogP contribution is -2.40. The third-order valence-corrected chi connectivity index (χ3v) is 6.69. The van der Waals surface area contributed by atoms with Crippen LogP contribution in [0.5, 0.6) is 0 Å². The van der Waals surface area contributed by atoms with E-state index < -0.39 is 0 Å². The Kier molecular flexibility index (Phi) is 6.67. The van der Waals surface area contributed by atoms with Gasteiger partial charge in [0.25, 0.3) is 0 Å². The van der Waals surface area contributed by atoms with Gasteiger partial charge < -0.3 is 9.88 Å². The Labute approximate surface area is 180 Å². The molecule has 1 aliphatic carbocycles. The average molecular weight is 427 g/mol. The van der Waals surface area contributed by atoms with Gasteiger partial charge in [0.2, 0.25) is 5.91 Å². The van der Waals surface area contributed by atoms with Gasteiger partial charge in [-0.25, -0.2) is 9.37 Å². The lowest BCUT2D eigenvalue weighted by Gasteiger charge is -2.26. The summed E-state index contributed by atoms with van der Waals surface area (Å²) >= 11 is 1.52. The highest BCUT2D eigenvalue weighted by atomic mass is 32.2. The summed E-state index contributed by atoms with van der Waals surface area (Å²) in [4.78, 5) is 22.2. The van der Waals surface area contributed by atoms with Crippen LogP contribution in [-0.2, 0) is 10.5 Å². The maximum atomic E-state index is 13.6. The van der Waals surface area contributed by atoms with Crippen molar-refractivity contribution < 1.29 is 9.18 Å². The highest BCUT2D eigenvalue weighted by Crippen LogP contribution is 2.31. The van der Waals surface area contributed by atoms with Crippen molar-refractivity contribution >= 4 is 28.7 Å². The van der Waals surface area contributed by atoms with Crippen molar-refractivity contribution in [3.63, 3.8) is 0 Å². The molecular weight excluding hydrogens is 399 g/mol. The average Bonchev–Trinajstić information content (AvgIpc) is 3.12. The number of rotatable bonds is 7. The fraction of sp³-hybridized carbons (Fsp3) is 0.435. The van der Waals surface area contributed by atoms with Crippen molar-refractivity contribution in [1.29, 1.82) is 0 Å². The fourth-order valence-corrected chi connectivity index (χ4v) is 5.13. The van der Waals surface area contributed by atoms with Gasteiger partial charge in [-0.2, -0.15) is 0 Å². The number of nitrogens with zero attached hydrogens (tertiary/aromatic N) is 3. The molecule has 0 bridgehead atoms. The molecular formula is C23H27FN4OS. The third-order valence-electron chi connectivity index (χ3n) is 5.67. The first-order valence-corrected chi connectivity index (χ1v) is 11.6.